The molecular weight excluding hydrogens is 266 g/mol. The Kier molecular flexibility index (Phi) is 4.67. The maximum Gasteiger partial charge on any atom is 0.000157 e. The van der Waals surface area contributed by atoms with E-state index in [9.17, 15) is 0 Å². The van der Waals surface area contributed by atoms with E-state index in [2.05, 4.69) is 72.8 Å². The van der Waals surface area contributed by atoms with Crippen molar-refractivity contribution in [1.29, 1.82) is 0 Å². The van der Waals surface area contributed by atoms with Crippen LogP contribution in [0, 0.1) is 0 Å². The Morgan fingerprint density at radius 1 is 0.636 bits per heavy atom. The molecule has 110 valence electrons. The van der Waals surface area contributed by atoms with Crippen LogP contribution in [0.25, 0.3) is 11.1 Å². The van der Waals surface area contributed by atoms with E-state index in [1.165, 1.54) is 22.3 Å². The van der Waals surface area contributed by atoms with Gasteiger partial charge in [-0.2, -0.15) is 0 Å². The molecule has 0 heterocycles. The van der Waals surface area contributed by atoms with Crippen molar-refractivity contribution in [3.63, 3.8) is 0 Å². The molecule has 0 radical (unpaired) electrons. The summed E-state index contributed by atoms with van der Waals surface area (Å²) in [5.41, 5.74) is 11.1. The lowest BCUT2D eigenvalue weighted by molar-refractivity contribution is 0.694. The maximum absolute atomic E-state index is 5.97. The first-order chi connectivity index (χ1) is 10.9. The number of benzene rings is 3. The van der Waals surface area contributed by atoms with Crippen molar-refractivity contribution in [2.75, 3.05) is 6.54 Å². The minimum Gasteiger partial charge on any atom is -0.330 e. The predicted octanol–water partition coefficient (Wildman–Crippen LogP) is 4.64. The van der Waals surface area contributed by atoms with Crippen LogP contribution in [0.1, 0.15) is 17.0 Å². The van der Waals surface area contributed by atoms with E-state index in [4.69, 9.17) is 5.73 Å². The predicted molar refractivity (Wildman–Crippen MR) is 93.8 cm³/mol. The molecule has 1 nitrogen and oxygen atoms in total. The van der Waals surface area contributed by atoms with Gasteiger partial charge < -0.3 is 5.73 Å². The molecule has 0 aliphatic rings. The largest absolute Gasteiger partial charge is 0.330 e. The molecule has 0 amide bonds. The molecule has 0 saturated heterocycles. The summed E-state index contributed by atoms with van der Waals surface area (Å²) in [7, 11) is 0. The third kappa shape index (κ3) is 3.44. The van der Waals surface area contributed by atoms with E-state index in [1.54, 1.807) is 0 Å². The molecule has 0 saturated carbocycles. The first kappa shape index (κ1) is 14.6. The van der Waals surface area contributed by atoms with Gasteiger partial charge in [0.1, 0.15) is 0 Å². The Balaban J connectivity index is 1.76. The first-order valence-corrected chi connectivity index (χ1v) is 7.76. The number of hydrogen-bond acceptors (Lipinski definition) is 1. The molecule has 0 fully saturated rings. The van der Waals surface area contributed by atoms with Gasteiger partial charge >= 0.3 is 0 Å². The molecular formula is C21H21N. The molecule has 2 N–H and O–H groups in total. The highest BCUT2D eigenvalue weighted by atomic mass is 14.5. The SMILES string of the molecule is NCC(Cc1ccc(-c2ccccc2)cc1)c1ccccc1. The second-order valence-electron chi connectivity index (χ2n) is 5.61. The molecule has 3 aromatic carbocycles. The zero-order valence-corrected chi connectivity index (χ0v) is 12.7. The van der Waals surface area contributed by atoms with Crippen molar-refractivity contribution < 1.29 is 0 Å². The van der Waals surface area contributed by atoms with Crippen molar-refractivity contribution in [1.82, 2.24) is 0 Å². The van der Waals surface area contributed by atoms with Gasteiger partial charge in [-0.05, 0) is 35.2 Å². The topological polar surface area (TPSA) is 26.0 Å². The van der Waals surface area contributed by atoms with Crippen LogP contribution in [0.3, 0.4) is 0 Å². The lowest BCUT2D eigenvalue weighted by atomic mass is 9.91. The average molecular weight is 287 g/mol. The van der Waals surface area contributed by atoms with Gasteiger partial charge in [-0.15, -0.1) is 0 Å². The van der Waals surface area contributed by atoms with Gasteiger partial charge in [-0.3, -0.25) is 0 Å². The van der Waals surface area contributed by atoms with E-state index < -0.39 is 0 Å². The van der Waals surface area contributed by atoms with E-state index in [0.29, 0.717) is 12.5 Å². The zero-order chi connectivity index (χ0) is 15.2. The summed E-state index contributed by atoms with van der Waals surface area (Å²) in [5, 5.41) is 0. The Hall–Kier alpha value is -2.38. The summed E-state index contributed by atoms with van der Waals surface area (Å²) in [6.45, 7) is 0.671. The van der Waals surface area contributed by atoms with Gasteiger partial charge in [0.2, 0.25) is 0 Å². The summed E-state index contributed by atoms with van der Waals surface area (Å²) < 4.78 is 0. The van der Waals surface area contributed by atoms with Gasteiger partial charge in [0.05, 0.1) is 0 Å². The van der Waals surface area contributed by atoms with Crippen LogP contribution in [0.15, 0.2) is 84.9 Å². The van der Waals surface area contributed by atoms with Crippen molar-refractivity contribution in [2.45, 2.75) is 12.3 Å². The van der Waals surface area contributed by atoms with Crippen molar-refractivity contribution in [3.05, 3.63) is 96.1 Å². The molecule has 1 heteroatoms. The fourth-order valence-corrected chi connectivity index (χ4v) is 2.81. The second-order valence-corrected chi connectivity index (χ2v) is 5.61. The molecule has 22 heavy (non-hydrogen) atoms. The van der Waals surface area contributed by atoms with Gasteiger partial charge in [0.25, 0.3) is 0 Å². The Morgan fingerprint density at radius 3 is 1.77 bits per heavy atom. The van der Waals surface area contributed by atoms with Crippen LogP contribution in [0.4, 0.5) is 0 Å². The molecule has 0 aromatic heterocycles. The van der Waals surface area contributed by atoms with Crippen LogP contribution < -0.4 is 5.73 Å². The standard InChI is InChI=1S/C21H21N/c22-16-21(19-9-5-2-6-10-19)15-17-11-13-20(14-12-17)18-7-3-1-4-8-18/h1-14,21H,15-16,22H2. The summed E-state index contributed by atoms with van der Waals surface area (Å²) >= 11 is 0. The summed E-state index contributed by atoms with van der Waals surface area (Å²) in [6.07, 6.45) is 0.982. The van der Waals surface area contributed by atoms with Crippen molar-refractivity contribution in [3.8, 4) is 11.1 Å². The Morgan fingerprint density at radius 2 is 1.18 bits per heavy atom. The highest BCUT2D eigenvalue weighted by Gasteiger charge is 2.10. The third-order valence-electron chi connectivity index (χ3n) is 4.10. The van der Waals surface area contributed by atoms with Crippen molar-refractivity contribution >= 4 is 0 Å². The van der Waals surface area contributed by atoms with E-state index >= 15 is 0 Å². The summed E-state index contributed by atoms with van der Waals surface area (Å²) in [5.74, 6) is 0.378. The van der Waals surface area contributed by atoms with Crippen LogP contribution in [0.5, 0.6) is 0 Å². The molecule has 1 unspecified atom stereocenters. The van der Waals surface area contributed by atoms with Gasteiger partial charge in [-0.25, -0.2) is 0 Å². The molecule has 0 spiro atoms. The fourth-order valence-electron chi connectivity index (χ4n) is 2.81. The van der Waals surface area contributed by atoms with E-state index in [1.807, 2.05) is 12.1 Å². The molecule has 3 rings (SSSR count). The average Bonchev–Trinajstić information content (AvgIpc) is 2.62. The minimum absolute atomic E-state index is 0.378. The van der Waals surface area contributed by atoms with Gasteiger partial charge in [0, 0.05) is 5.92 Å². The highest BCUT2D eigenvalue weighted by Crippen LogP contribution is 2.23. The van der Waals surface area contributed by atoms with Gasteiger partial charge in [0.15, 0.2) is 0 Å². The smallest absolute Gasteiger partial charge is 0.000157 e. The maximum atomic E-state index is 5.97. The second kappa shape index (κ2) is 7.06. The van der Waals surface area contributed by atoms with Gasteiger partial charge in [-0.1, -0.05) is 84.9 Å². The summed E-state index contributed by atoms with van der Waals surface area (Å²) in [6, 6.07) is 29.8. The van der Waals surface area contributed by atoms with Crippen LogP contribution in [-0.2, 0) is 6.42 Å². The Bertz CT molecular complexity index is 687. The molecule has 0 aliphatic heterocycles. The monoisotopic (exact) mass is 287 g/mol. The fraction of sp³-hybridized carbons (Fsp3) is 0.143. The van der Waals surface area contributed by atoms with Crippen LogP contribution >= 0.6 is 0 Å². The normalized spacial score (nSPS) is 12.0. The minimum atomic E-state index is 0.378. The van der Waals surface area contributed by atoms with Crippen LogP contribution in [-0.4, -0.2) is 6.54 Å². The van der Waals surface area contributed by atoms with Crippen LogP contribution in [0.2, 0.25) is 0 Å². The number of hydrogen-bond donors (Lipinski definition) is 1. The molecule has 1 atom stereocenters. The lowest BCUT2D eigenvalue weighted by Gasteiger charge is -2.15. The summed E-state index contributed by atoms with van der Waals surface area (Å²) in [4.78, 5) is 0. The molecule has 0 bridgehead atoms. The first-order valence-electron chi connectivity index (χ1n) is 7.76. The quantitative estimate of drug-likeness (QED) is 0.727. The van der Waals surface area contributed by atoms with Crippen molar-refractivity contribution in [2.24, 2.45) is 5.73 Å². The highest BCUT2D eigenvalue weighted by molar-refractivity contribution is 5.63. The van der Waals surface area contributed by atoms with E-state index in [0.717, 1.165) is 6.42 Å². The number of nitrogens with two attached hydrogens (primary N) is 1. The number of rotatable bonds is 5. The zero-order valence-electron chi connectivity index (χ0n) is 12.7. The molecule has 3 aromatic rings. The van der Waals surface area contributed by atoms with E-state index in [-0.39, 0.29) is 0 Å². The molecule has 0 aliphatic carbocycles. The Labute approximate surface area is 132 Å². The lowest BCUT2D eigenvalue weighted by Crippen LogP contribution is -2.14. The third-order valence-corrected chi connectivity index (χ3v) is 4.10.